The van der Waals surface area contributed by atoms with Gasteiger partial charge in [-0.15, -0.1) is 0 Å². The van der Waals surface area contributed by atoms with Crippen LogP contribution in [-0.2, 0) is 0 Å². The van der Waals surface area contributed by atoms with Crippen LogP contribution < -0.4 is 5.43 Å². The van der Waals surface area contributed by atoms with Gasteiger partial charge < -0.3 is 10.2 Å². The van der Waals surface area contributed by atoms with Gasteiger partial charge in [-0.2, -0.15) is 5.10 Å². The number of rotatable bonds is 4. The van der Waals surface area contributed by atoms with Crippen molar-refractivity contribution in [3.05, 3.63) is 59.2 Å². The lowest BCUT2D eigenvalue weighted by Gasteiger charge is -2.06. The molecule has 0 atom stereocenters. The third-order valence-corrected chi connectivity index (χ3v) is 3.22. The van der Waals surface area contributed by atoms with E-state index in [1.807, 2.05) is 12.1 Å². The maximum Gasteiger partial charge on any atom is 0.271 e. The highest BCUT2D eigenvalue weighted by atomic mass is 16.3. The molecule has 0 saturated heterocycles. The third-order valence-electron chi connectivity index (χ3n) is 3.22. The zero-order valence-electron chi connectivity index (χ0n) is 12.4. The van der Waals surface area contributed by atoms with Crippen LogP contribution in [-0.4, -0.2) is 22.3 Å². The molecular formula is C17H18N2O3. The number of phenols is 2. The van der Waals surface area contributed by atoms with E-state index < -0.39 is 0 Å². The van der Waals surface area contributed by atoms with Crippen molar-refractivity contribution in [3.63, 3.8) is 0 Å². The van der Waals surface area contributed by atoms with Gasteiger partial charge in [0.2, 0.25) is 0 Å². The fraction of sp³-hybridized carbons (Fsp3) is 0.176. The van der Waals surface area contributed by atoms with E-state index in [1.54, 1.807) is 18.2 Å². The summed E-state index contributed by atoms with van der Waals surface area (Å²) in [4.78, 5) is 11.9. The van der Waals surface area contributed by atoms with Crippen LogP contribution in [0.3, 0.4) is 0 Å². The molecule has 2 aromatic rings. The van der Waals surface area contributed by atoms with Gasteiger partial charge in [0, 0.05) is 5.56 Å². The van der Waals surface area contributed by atoms with Crippen LogP contribution in [0, 0.1) is 0 Å². The van der Waals surface area contributed by atoms with Gasteiger partial charge in [-0.1, -0.05) is 26.0 Å². The molecule has 5 heteroatoms. The van der Waals surface area contributed by atoms with Crippen LogP contribution in [0.2, 0.25) is 0 Å². The van der Waals surface area contributed by atoms with Crippen LogP contribution in [0.15, 0.2) is 47.6 Å². The van der Waals surface area contributed by atoms with E-state index in [1.165, 1.54) is 23.9 Å². The van der Waals surface area contributed by atoms with Crippen LogP contribution in [0.5, 0.6) is 11.5 Å². The fourth-order valence-electron chi connectivity index (χ4n) is 1.87. The van der Waals surface area contributed by atoms with Gasteiger partial charge >= 0.3 is 0 Å². The molecule has 0 spiro atoms. The first-order chi connectivity index (χ1) is 10.5. The zero-order chi connectivity index (χ0) is 16.1. The summed E-state index contributed by atoms with van der Waals surface area (Å²) >= 11 is 0. The molecule has 2 rings (SSSR count). The second kappa shape index (κ2) is 6.76. The van der Waals surface area contributed by atoms with Gasteiger partial charge in [-0.3, -0.25) is 4.79 Å². The van der Waals surface area contributed by atoms with E-state index >= 15 is 0 Å². The van der Waals surface area contributed by atoms with Crippen molar-refractivity contribution in [2.75, 3.05) is 0 Å². The molecule has 114 valence electrons. The number of amides is 1. The molecule has 3 N–H and O–H groups in total. The van der Waals surface area contributed by atoms with E-state index in [9.17, 15) is 15.0 Å². The Hall–Kier alpha value is -2.82. The average Bonchev–Trinajstić information content (AvgIpc) is 2.51. The van der Waals surface area contributed by atoms with Crippen molar-refractivity contribution in [3.8, 4) is 11.5 Å². The number of phenolic OH excluding ortho intramolecular Hbond substituents is 2. The minimum absolute atomic E-state index is 0.202. The van der Waals surface area contributed by atoms with Crippen LogP contribution in [0.4, 0.5) is 0 Å². The quantitative estimate of drug-likeness (QED) is 0.461. The molecule has 0 bridgehead atoms. The second-order valence-corrected chi connectivity index (χ2v) is 5.22. The number of hydrazone groups is 1. The summed E-state index contributed by atoms with van der Waals surface area (Å²) in [6.45, 7) is 4.18. The minimum Gasteiger partial charge on any atom is -0.504 e. The fourth-order valence-corrected chi connectivity index (χ4v) is 1.87. The molecule has 0 aliphatic heterocycles. The molecule has 5 nitrogen and oxygen atoms in total. The van der Waals surface area contributed by atoms with Crippen LogP contribution >= 0.6 is 0 Å². The lowest BCUT2D eigenvalue weighted by molar-refractivity contribution is 0.0955. The summed E-state index contributed by atoms with van der Waals surface area (Å²) in [6.07, 6.45) is 1.39. The highest BCUT2D eigenvalue weighted by Crippen LogP contribution is 2.23. The molecule has 0 fully saturated rings. The van der Waals surface area contributed by atoms with Gasteiger partial charge in [0.1, 0.15) is 0 Å². The normalized spacial score (nSPS) is 11.0. The first-order valence-corrected chi connectivity index (χ1v) is 6.92. The van der Waals surface area contributed by atoms with Crippen molar-refractivity contribution in [1.82, 2.24) is 5.43 Å². The Morgan fingerprint density at radius 2 is 1.77 bits per heavy atom. The summed E-state index contributed by atoms with van der Waals surface area (Å²) in [5.41, 5.74) is 4.67. The Bertz CT molecular complexity index is 692. The van der Waals surface area contributed by atoms with Gasteiger partial charge in [-0.25, -0.2) is 5.43 Å². The highest BCUT2D eigenvalue weighted by molar-refractivity contribution is 5.94. The molecule has 0 aliphatic rings. The third kappa shape index (κ3) is 3.85. The Balaban J connectivity index is 1.99. The summed E-state index contributed by atoms with van der Waals surface area (Å²) in [7, 11) is 0. The maximum atomic E-state index is 11.9. The standard InChI is InChI=1S/C17H18N2O3/c1-11(2)13-4-6-14(7-5-13)17(22)19-18-10-12-3-8-15(20)16(21)9-12/h3-11,20-21H,1-2H3,(H,19,22). The lowest BCUT2D eigenvalue weighted by Crippen LogP contribution is -2.17. The zero-order valence-corrected chi connectivity index (χ0v) is 12.4. The molecule has 0 radical (unpaired) electrons. The van der Waals surface area contributed by atoms with Crippen molar-refractivity contribution in [2.24, 2.45) is 5.10 Å². The highest BCUT2D eigenvalue weighted by Gasteiger charge is 2.05. The molecule has 22 heavy (non-hydrogen) atoms. The molecule has 0 saturated carbocycles. The van der Waals surface area contributed by atoms with Crippen LogP contribution in [0.25, 0.3) is 0 Å². The smallest absolute Gasteiger partial charge is 0.271 e. The SMILES string of the molecule is CC(C)c1ccc(C(=O)NN=Cc2ccc(O)c(O)c2)cc1. The van der Waals surface area contributed by atoms with Crippen molar-refractivity contribution in [1.29, 1.82) is 0 Å². The predicted molar refractivity (Wildman–Crippen MR) is 85.4 cm³/mol. The van der Waals surface area contributed by atoms with Crippen LogP contribution in [0.1, 0.15) is 41.3 Å². The van der Waals surface area contributed by atoms with E-state index in [-0.39, 0.29) is 17.4 Å². The number of carbonyl (C=O) groups excluding carboxylic acids is 1. The number of hydrogen-bond donors (Lipinski definition) is 3. The maximum absolute atomic E-state index is 11.9. The number of benzene rings is 2. The van der Waals surface area contributed by atoms with Gasteiger partial charge in [0.05, 0.1) is 6.21 Å². The molecule has 1 amide bonds. The van der Waals surface area contributed by atoms with Crippen molar-refractivity contribution in [2.45, 2.75) is 19.8 Å². The van der Waals surface area contributed by atoms with Gasteiger partial charge in [-0.05, 0) is 47.4 Å². The molecular weight excluding hydrogens is 280 g/mol. The monoisotopic (exact) mass is 298 g/mol. The van der Waals surface area contributed by atoms with Gasteiger partial charge in [0.25, 0.3) is 5.91 Å². The second-order valence-electron chi connectivity index (χ2n) is 5.22. The lowest BCUT2D eigenvalue weighted by atomic mass is 10.0. The number of nitrogens with one attached hydrogen (secondary N) is 1. The Morgan fingerprint density at radius 1 is 1.09 bits per heavy atom. The Kier molecular flexibility index (Phi) is 4.78. The minimum atomic E-state index is -0.311. The first-order valence-electron chi connectivity index (χ1n) is 6.92. The summed E-state index contributed by atoms with van der Waals surface area (Å²) in [5, 5.41) is 22.4. The number of carbonyl (C=O) groups is 1. The van der Waals surface area contributed by atoms with Crippen molar-refractivity contribution < 1.29 is 15.0 Å². The summed E-state index contributed by atoms with van der Waals surface area (Å²) in [5.74, 6) is -0.335. The Morgan fingerprint density at radius 3 is 2.36 bits per heavy atom. The van der Waals surface area contributed by atoms with E-state index in [2.05, 4.69) is 24.4 Å². The molecule has 2 aromatic carbocycles. The van der Waals surface area contributed by atoms with Gasteiger partial charge in [0.15, 0.2) is 11.5 Å². The largest absolute Gasteiger partial charge is 0.504 e. The Labute approximate surface area is 128 Å². The summed E-state index contributed by atoms with van der Waals surface area (Å²) in [6, 6.07) is 11.6. The molecule has 0 unspecified atom stereocenters. The molecule has 0 aromatic heterocycles. The molecule has 0 aliphatic carbocycles. The van der Waals surface area contributed by atoms with Crippen molar-refractivity contribution >= 4 is 12.1 Å². The average molecular weight is 298 g/mol. The van der Waals surface area contributed by atoms with E-state index in [4.69, 9.17) is 0 Å². The summed E-state index contributed by atoms with van der Waals surface area (Å²) < 4.78 is 0. The number of nitrogens with zero attached hydrogens (tertiary/aromatic N) is 1. The van der Waals surface area contributed by atoms with E-state index in [0.717, 1.165) is 0 Å². The predicted octanol–water partition coefficient (Wildman–Crippen LogP) is 2.99. The number of hydrogen-bond acceptors (Lipinski definition) is 4. The first kappa shape index (κ1) is 15.6. The topological polar surface area (TPSA) is 81.9 Å². The molecule has 0 heterocycles. The van der Waals surface area contributed by atoms with E-state index in [0.29, 0.717) is 17.0 Å². The number of aromatic hydroxyl groups is 2.